The summed E-state index contributed by atoms with van der Waals surface area (Å²) in [4.78, 5) is 0. The molecule has 1 atom stereocenters. The molecule has 1 fully saturated rings. The summed E-state index contributed by atoms with van der Waals surface area (Å²) in [6, 6.07) is 8.59. The molecule has 1 aromatic rings. The molecule has 0 radical (unpaired) electrons. The molecule has 2 N–H and O–H groups in total. The molecule has 1 aromatic carbocycles. The van der Waals surface area contributed by atoms with Gasteiger partial charge in [0.25, 0.3) is 0 Å². The van der Waals surface area contributed by atoms with Crippen molar-refractivity contribution in [2.75, 3.05) is 6.54 Å². The van der Waals surface area contributed by atoms with Crippen molar-refractivity contribution in [2.24, 2.45) is 5.41 Å². The first-order chi connectivity index (χ1) is 8.69. The highest BCUT2D eigenvalue weighted by Crippen LogP contribution is 2.49. The van der Waals surface area contributed by atoms with Crippen LogP contribution in [-0.2, 0) is 6.61 Å². The molecule has 0 saturated heterocycles. The summed E-state index contributed by atoms with van der Waals surface area (Å²) >= 11 is 0. The third-order valence-electron chi connectivity index (χ3n) is 4.15. The Hall–Kier alpha value is -0.860. The van der Waals surface area contributed by atoms with Crippen molar-refractivity contribution >= 4 is 0 Å². The normalized spacial score (nSPS) is 18.6. The average Bonchev–Trinajstić information content (AvgIpc) is 3.17. The van der Waals surface area contributed by atoms with E-state index >= 15 is 0 Å². The Bertz CT molecular complexity index is 384. The van der Waals surface area contributed by atoms with Crippen LogP contribution in [0.25, 0.3) is 0 Å². The van der Waals surface area contributed by atoms with Crippen molar-refractivity contribution in [3.05, 3.63) is 35.4 Å². The quantitative estimate of drug-likeness (QED) is 0.774. The van der Waals surface area contributed by atoms with Gasteiger partial charge >= 0.3 is 0 Å². The number of hydrogen-bond acceptors (Lipinski definition) is 2. The third kappa shape index (κ3) is 3.33. The van der Waals surface area contributed by atoms with E-state index in [1.807, 2.05) is 12.1 Å². The number of benzene rings is 1. The van der Waals surface area contributed by atoms with Gasteiger partial charge in [-0.3, -0.25) is 0 Å². The molecule has 0 amide bonds. The smallest absolute Gasteiger partial charge is 0.0681 e. The Kier molecular flexibility index (Phi) is 4.41. The lowest BCUT2D eigenvalue weighted by molar-refractivity contribution is 0.281. The maximum Gasteiger partial charge on any atom is 0.0681 e. The van der Waals surface area contributed by atoms with Gasteiger partial charge in [0.2, 0.25) is 0 Å². The third-order valence-corrected chi connectivity index (χ3v) is 4.15. The molecule has 0 bridgehead atoms. The highest BCUT2D eigenvalue weighted by atomic mass is 16.3. The molecule has 1 aliphatic carbocycles. The standard InChI is InChI=1S/C16H25NO/c1-3-7-16(8-9-16)12-17-13(2)15-6-4-5-14(10-15)11-18/h4-6,10,13,17-18H,3,7-9,11-12H2,1-2H3. The van der Waals surface area contributed by atoms with Gasteiger partial charge in [-0.2, -0.15) is 0 Å². The van der Waals surface area contributed by atoms with Gasteiger partial charge in [-0.05, 0) is 42.7 Å². The summed E-state index contributed by atoms with van der Waals surface area (Å²) in [6.45, 7) is 5.73. The van der Waals surface area contributed by atoms with Crippen LogP contribution in [-0.4, -0.2) is 11.7 Å². The summed E-state index contributed by atoms with van der Waals surface area (Å²) in [5, 5.41) is 12.8. The lowest BCUT2D eigenvalue weighted by atomic mass is 9.99. The van der Waals surface area contributed by atoms with Crippen LogP contribution >= 0.6 is 0 Å². The van der Waals surface area contributed by atoms with E-state index in [-0.39, 0.29) is 6.61 Å². The summed E-state index contributed by atoms with van der Waals surface area (Å²) in [7, 11) is 0. The van der Waals surface area contributed by atoms with E-state index in [9.17, 15) is 0 Å². The van der Waals surface area contributed by atoms with Gasteiger partial charge in [-0.1, -0.05) is 37.6 Å². The second-order valence-corrected chi connectivity index (χ2v) is 5.76. The van der Waals surface area contributed by atoms with E-state index in [1.54, 1.807) is 0 Å². The average molecular weight is 247 g/mol. The number of aliphatic hydroxyl groups is 1. The largest absolute Gasteiger partial charge is 0.392 e. The van der Waals surface area contributed by atoms with Crippen LogP contribution in [0.3, 0.4) is 0 Å². The van der Waals surface area contributed by atoms with Crippen molar-refractivity contribution in [1.29, 1.82) is 0 Å². The molecular formula is C16H25NO. The number of hydrogen-bond donors (Lipinski definition) is 2. The Labute approximate surface area is 110 Å². The zero-order chi connectivity index (χ0) is 13.0. The second-order valence-electron chi connectivity index (χ2n) is 5.76. The molecule has 100 valence electrons. The van der Waals surface area contributed by atoms with Crippen LogP contribution in [0.15, 0.2) is 24.3 Å². The van der Waals surface area contributed by atoms with Gasteiger partial charge in [0.05, 0.1) is 6.61 Å². The predicted molar refractivity (Wildman–Crippen MR) is 75.4 cm³/mol. The van der Waals surface area contributed by atoms with Crippen LogP contribution in [0, 0.1) is 5.41 Å². The van der Waals surface area contributed by atoms with E-state index in [0.717, 1.165) is 12.1 Å². The minimum Gasteiger partial charge on any atom is -0.392 e. The number of aliphatic hydroxyl groups excluding tert-OH is 1. The summed E-state index contributed by atoms with van der Waals surface area (Å²) in [5.41, 5.74) is 2.86. The Morgan fingerprint density at radius 3 is 2.78 bits per heavy atom. The summed E-state index contributed by atoms with van der Waals surface area (Å²) in [5.74, 6) is 0. The van der Waals surface area contributed by atoms with Crippen molar-refractivity contribution < 1.29 is 5.11 Å². The summed E-state index contributed by atoms with van der Waals surface area (Å²) < 4.78 is 0. The van der Waals surface area contributed by atoms with Crippen molar-refractivity contribution in [1.82, 2.24) is 5.32 Å². The number of rotatable bonds is 7. The van der Waals surface area contributed by atoms with E-state index in [4.69, 9.17) is 5.11 Å². The molecule has 0 aromatic heterocycles. The highest BCUT2D eigenvalue weighted by molar-refractivity contribution is 5.25. The molecule has 1 unspecified atom stereocenters. The van der Waals surface area contributed by atoms with E-state index in [2.05, 4.69) is 31.3 Å². The van der Waals surface area contributed by atoms with Gasteiger partial charge in [-0.15, -0.1) is 0 Å². The molecule has 2 heteroatoms. The first-order valence-electron chi connectivity index (χ1n) is 7.12. The second kappa shape index (κ2) is 5.85. The maximum absolute atomic E-state index is 9.16. The van der Waals surface area contributed by atoms with Crippen LogP contribution in [0.2, 0.25) is 0 Å². The van der Waals surface area contributed by atoms with E-state index in [1.165, 1.54) is 31.2 Å². The van der Waals surface area contributed by atoms with Crippen molar-refractivity contribution in [3.8, 4) is 0 Å². The van der Waals surface area contributed by atoms with Crippen LogP contribution in [0.5, 0.6) is 0 Å². The fourth-order valence-corrected chi connectivity index (χ4v) is 2.67. The minimum atomic E-state index is 0.125. The SMILES string of the molecule is CCCC1(CNC(C)c2cccc(CO)c2)CC1. The van der Waals surface area contributed by atoms with Crippen LogP contribution < -0.4 is 5.32 Å². The van der Waals surface area contributed by atoms with Crippen LogP contribution in [0.4, 0.5) is 0 Å². The lowest BCUT2D eigenvalue weighted by Crippen LogP contribution is -2.26. The fourth-order valence-electron chi connectivity index (χ4n) is 2.67. The molecular weight excluding hydrogens is 222 g/mol. The van der Waals surface area contributed by atoms with Crippen molar-refractivity contribution in [2.45, 2.75) is 52.2 Å². The molecule has 2 rings (SSSR count). The van der Waals surface area contributed by atoms with Gasteiger partial charge in [-0.25, -0.2) is 0 Å². The number of nitrogens with one attached hydrogen (secondary N) is 1. The van der Waals surface area contributed by atoms with Gasteiger partial charge in [0.15, 0.2) is 0 Å². The van der Waals surface area contributed by atoms with E-state index < -0.39 is 0 Å². The van der Waals surface area contributed by atoms with Crippen molar-refractivity contribution in [3.63, 3.8) is 0 Å². The van der Waals surface area contributed by atoms with Gasteiger partial charge < -0.3 is 10.4 Å². The molecule has 1 aliphatic rings. The van der Waals surface area contributed by atoms with Gasteiger partial charge in [0.1, 0.15) is 0 Å². The predicted octanol–water partition coefficient (Wildman–Crippen LogP) is 3.41. The molecule has 2 nitrogen and oxygen atoms in total. The Balaban J connectivity index is 1.89. The Morgan fingerprint density at radius 1 is 1.39 bits per heavy atom. The molecule has 18 heavy (non-hydrogen) atoms. The molecule has 0 heterocycles. The fraction of sp³-hybridized carbons (Fsp3) is 0.625. The molecule has 0 spiro atoms. The van der Waals surface area contributed by atoms with Crippen LogP contribution in [0.1, 0.15) is 56.7 Å². The highest BCUT2D eigenvalue weighted by Gasteiger charge is 2.41. The minimum absolute atomic E-state index is 0.125. The zero-order valence-corrected chi connectivity index (χ0v) is 11.6. The first-order valence-corrected chi connectivity index (χ1v) is 7.12. The first kappa shape index (κ1) is 13.6. The zero-order valence-electron chi connectivity index (χ0n) is 11.6. The Morgan fingerprint density at radius 2 is 2.17 bits per heavy atom. The molecule has 0 aliphatic heterocycles. The topological polar surface area (TPSA) is 32.3 Å². The maximum atomic E-state index is 9.16. The monoisotopic (exact) mass is 247 g/mol. The summed E-state index contributed by atoms with van der Waals surface area (Å²) in [6.07, 6.45) is 5.41. The lowest BCUT2D eigenvalue weighted by Gasteiger charge is -2.20. The van der Waals surface area contributed by atoms with E-state index in [0.29, 0.717) is 11.5 Å². The van der Waals surface area contributed by atoms with Gasteiger partial charge in [0, 0.05) is 12.6 Å². The molecule has 1 saturated carbocycles.